The van der Waals surface area contributed by atoms with Crippen molar-refractivity contribution in [3.8, 4) is 0 Å². The van der Waals surface area contributed by atoms with E-state index in [4.69, 9.17) is 11.6 Å². The molecule has 1 aromatic carbocycles. The van der Waals surface area contributed by atoms with Gasteiger partial charge in [0.15, 0.2) is 0 Å². The first kappa shape index (κ1) is 17.9. The quantitative estimate of drug-likeness (QED) is 0.668. The number of amides is 1. The molecule has 3 aromatic rings. The number of nitrogens with zero attached hydrogens (tertiary/aromatic N) is 2. The zero-order valence-electron chi connectivity index (χ0n) is 14.2. The van der Waals surface area contributed by atoms with Crippen molar-refractivity contribution in [1.29, 1.82) is 0 Å². The van der Waals surface area contributed by atoms with Crippen LogP contribution in [-0.2, 0) is 13.0 Å². The minimum Gasteiger partial charge on any atom is -0.364 e. The molecule has 0 fully saturated rings. The summed E-state index contributed by atoms with van der Waals surface area (Å²) in [4.78, 5) is 20.7. The molecule has 0 aliphatic rings. The van der Waals surface area contributed by atoms with E-state index in [2.05, 4.69) is 20.6 Å². The number of carbonyl (C=O) groups is 1. The van der Waals surface area contributed by atoms with Gasteiger partial charge in [0.05, 0.1) is 17.8 Å². The number of nitrogens with one attached hydrogen (secondary N) is 2. The smallest absolute Gasteiger partial charge is 0.252 e. The molecule has 0 saturated heterocycles. The molecule has 3 rings (SSSR count). The third kappa shape index (κ3) is 5.29. The molecule has 0 aliphatic heterocycles. The highest BCUT2D eigenvalue weighted by molar-refractivity contribution is 6.30. The number of hydrogen-bond acceptors (Lipinski definition) is 4. The maximum Gasteiger partial charge on any atom is 0.252 e. The molecule has 2 aromatic heterocycles. The van der Waals surface area contributed by atoms with Crippen LogP contribution in [0.15, 0.2) is 67.0 Å². The lowest BCUT2D eigenvalue weighted by atomic mass is 10.1. The first-order valence-corrected chi connectivity index (χ1v) is 8.71. The Hall–Kier alpha value is -2.92. The van der Waals surface area contributed by atoms with E-state index in [1.165, 1.54) is 0 Å². The molecule has 0 saturated carbocycles. The van der Waals surface area contributed by atoms with Crippen molar-refractivity contribution in [3.63, 3.8) is 0 Å². The molecule has 5 nitrogen and oxygen atoms in total. The highest BCUT2D eigenvalue weighted by Crippen LogP contribution is 2.10. The first-order chi connectivity index (χ1) is 12.7. The van der Waals surface area contributed by atoms with Crippen molar-refractivity contribution in [3.05, 3.63) is 88.8 Å². The van der Waals surface area contributed by atoms with Crippen molar-refractivity contribution in [2.75, 3.05) is 11.9 Å². The van der Waals surface area contributed by atoms with Crippen molar-refractivity contribution < 1.29 is 4.79 Å². The lowest BCUT2D eigenvalue weighted by molar-refractivity contribution is 0.0954. The third-order valence-electron chi connectivity index (χ3n) is 3.81. The van der Waals surface area contributed by atoms with Crippen LogP contribution in [-0.4, -0.2) is 22.4 Å². The van der Waals surface area contributed by atoms with E-state index in [-0.39, 0.29) is 5.91 Å². The molecular weight excluding hydrogens is 348 g/mol. The average molecular weight is 367 g/mol. The van der Waals surface area contributed by atoms with Gasteiger partial charge in [-0.15, -0.1) is 0 Å². The summed E-state index contributed by atoms with van der Waals surface area (Å²) in [6, 6.07) is 16.9. The number of benzene rings is 1. The number of carbonyl (C=O) groups excluding carboxylic acids is 1. The Kier molecular flexibility index (Phi) is 6.17. The third-order valence-corrected chi connectivity index (χ3v) is 4.07. The van der Waals surface area contributed by atoms with E-state index in [9.17, 15) is 4.79 Å². The molecule has 0 radical (unpaired) electrons. The molecule has 1 amide bonds. The first-order valence-electron chi connectivity index (χ1n) is 8.33. The molecule has 2 N–H and O–H groups in total. The Balaban J connectivity index is 1.46. The van der Waals surface area contributed by atoms with Gasteiger partial charge in [-0.1, -0.05) is 29.8 Å². The predicted octanol–water partition coefficient (Wildman–Crippen LogP) is 3.71. The zero-order chi connectivity index (χ0) is 18.2. The Labute approximate surface area is 157 Å². The van der Waals surface area contributed by atoms with Crippen LogP contribution in [0.2, 0.25) is 5.02 Å². The van der Waals surface area contributed by atoms with Crippen molar-refractivity contribution in [2.24, 2.45) is 0 Å². The molecule has 0 spiro atoms. The van der Waals surface area contributed by atoms with E-state index < -0.39 is 0 Å². The molecule has 0 unspecified atom stereocenters. The van der Waals surface area contributed by atoms with E-state index in [0.717, 1.165) is 17.7 Å². The van der Waals surface area contributed by atoms with Crippen LogP contribution in [0.25, 0.3) is 0 Å². The molecule has 132 valence electrons. The fraction of sp³-hybridized carbons (Fsp3) is 0.150. The van der Waals surface area contributed by atoms with Crippen LogP contribution in [0.1, 0.15) is 21.6 Å². The lowest BCUT2D eigenvalue weighted by Crippen LogP contribution is -2.25. The van der Waals surface area contributed by atoms with Gasteiger partial charge in [0, 0.05) is 24.0 Å². The maximum absolute atomic E-state index is 12.2. The topological polar surface area (TPSA) is 66.9 Å². The van der Waals surface area contributed by atoms with E-state index >= 15 is 0 Å². The van der Waals surface area contributed by atoms with Gasteiger partial charge in [0.2, 0.25) is 0 Å². The van der Waals surface area contributed by atoms with Gasteiger partial charge in [-0.3, -0.25) is 9.78 Å². The maximum atomic E-state index is 12.2. The molecule has 0 aliphatic carbocycles. The highest BCUT2D eigenvalue weighted by atomic mass is 35.5. The van der Waals surface area contributed by atoms with E-state index in [0.29, 0.717) is 29.5 Å². The van der Waals surface area contributed by atoms with E-state index in [1.807, 2.05) is 42.5 Å². The van der Waals surface area contributed by atoms with Gasteiger partial charge in [-0.05, 0) is 48.4 Å². The van der Waals surface area contributed by atoms with Gasteiger partial charge >= 0.3 is 0 Å². The number of hydrogen-bond donors (Lipinski definition) is 2. The number of pyridine rings is 2. The molecule has 0 atom stereocenters. The lowest BCUT2D eigenvalue weighted by Gasteiger charge is -2.07. The van der Waals surface area contributed by atoms with Gasteiger partial charge in [-0.25, -0.2) is 4.98 Å². The van der Waals surface area contributed by atoms with Gasteiger partial charge in [0.25, 0.3) is 5.91 Å². The van der Waals surface area contributed by atoms with Crippen LogP contribution >= 0.6 is 11.6 Å². The standard InChI is InChI=1S/C20H19ClN4O/c21-17-7-4-15(5-8-17)10-12-23-20(26)16-6-9-19(24-13-16)25-14-18-3-1-2-11-22-18/h1-9,11,13H,10,12,14H2,(H,23,26)(H,24,25). The predicted molar refractivity (Wildman–Crippen MR) is 103 cm³/mol. The minimum atomic E-state index is -0.136. The van der Waals surface area contributed by atoms with Gasteiger partial charge in [0.1, 0.15) is 5.82 Å². The second-order valence-corrected chi connectivity index (χ2v) is 6.18. The van der Waals surface area contributed by atoms with E-state index in [1.54, 1.807) is 24.5 Å². The number of halogens is 1. The van der Waals surface area contributed by atoms with Gasteiger partial charge in [-0.2, -0.15) is 0 Å². The Morgan fingerprint density at radius 3 is 2.54 bits per heavy atom. The molecule has 2 heterocycles. The fourth-order valence-electron chi connectivity index (χ4n) is 2.39. The number of aromatic nitrogens is 2. The van der Waals surface area contributed by atoms with Crippen LogP contribution < -0.4 is 10.6 Å². The summed E-state index contributed by atoms with van der Waals surface area (Å²) >= 11 is 5.86. The Morgan fingerprint density at radius 1 is 1.00 bits per heavy atom. The summed E-state index contributed by atoms with van der Waals surface area (Å²) in [5, 5.41) is 6.79. The number of rotatable bonds is 7. The zero-order valence-corrected chi connectivity index (χ0v) is 14.9. The summed E-state index contributed by atoms with van der Waals surface area (Å²) in [6.45, 7) is 1.14. The second-order valence-electron chi connectivity index (χ2n) is 5.74. The largest absolute Gasteiger partial charge is 0.364 e. The highest BCUT2D eigenvalue weighted by Gasteiger charge is 2.06. The summed E-state index contributed by atoms with van der Waals surface area (Å²) in [6.07, 6.45) is 4.07. The summed E-state index contributed by atoms with van der Waals surface area (Å²) in [5.74, 6) is 0.566. The number of anilines is 1. The van der Waals surface area contributed by atoms with Crippen LogP contribution in [0.3, 0.4) is 0 Å². The summed E-state index contributed by atoms with van der Waals surface area (Å²) < 4.78 is 0. The van der Waals surface area contributed by atoms with Crippen LogP contribution in [0, 0.1) is 0 Å². The molecule has 0 bridgehead atoms. The fourth-order valence-corrected chi connectivity index (χ4v) is 2.52. The summed E-state index contributed by atoms with van der Waals surface area (Å²) in [7, 11) is 0. The Bertz CT molecular complexity index is 836. The molecular formula is C20H19ClN4O. The minimum absolute atomic E-state index is 0.136. The van der Waals surface area contributed by atoms with Crippen molar-refractivity contribution >= 4 is 23.3 Å². The van der Waals surface area contributed by atoms with Crippen molar-refractivity contribution in [1.82, 2.24) is 15.3 Å². The van der Waals surface area contributed by atoms with Gasteiger partial charge < -0.3 is 10.6 Å². The molecule has 26 heavy (non-hydrogen) atoms. The monoisotopic (exact) mass is 366 g/mol. The van der Waals surface area contributed by atoms with Crippen molar-refractivity contribution in [2.45, 2.75) is 13.0 Å². The SMILES string of the molecule is O=C(NCCc1ccc(Cl)cc1)c1ccc(NCc2ccccn2)nc1. The Morgan fingerprint density at radius 2 is 1.85 bits per heavy atom. The normalized spacial score (nSPS) is 10.3. The average Bonchev–Trinajstić information content (AvgIpc) is 2.69. The van der Waals surface area contributed by atoms with Crippen LogP contribution in [0.4, 0.5) is 5.82 Å². The second kappa shape index (κ2) is 8.97. The summed E-state index contributed by atoms with van der Waals surface area (Å²) in [5.41, 5.74) is 2.59. The molecule has 6 heteroatoms. The van der Waals surface area contributed by atoms with Crippen LogP contribution in [0.5, 0.6) is 0 Å².